The highest BCUT2D eigenvalue weighted by Gasteiger charge is 1.99. The Morgan fingerprint density at radius 1 is 1.56 bits per heavy atom. The maximum absolute atomic E-state index is 5.74. The SMILES string of the molecule is CCC[CH]CC(Cl)CCl. The molecule has 0 amide bonds. The highest BCUT2D eigenvalue weighted by molar-refractivity contribution is 6.28. The molecule has 0 aliphatic heterocycles. The molecule has 0 aliphatic rings. The monoisotopic (exact) mass is 167 g/mol. The van der Waals surface area contributed by atoms with Crippen molar-refractivity contribution in [2.75, 3.05) is 5.88 Å². The molecule has 1 radical (unpaired) electrons. The van der Waals surface area contributed by atoms with Crippen molar-refractivity contribution in [3.8, 4) is 0 Å². The first-order valence-corrected chi connectivity index (χ1v) is 4.30. The van der Waals surface area contributed by atoms with Crippen molar-refractivity contribution in [1.29, 1.82) is 0 Å². The fourth-order valence-electron chi connectivity index (χ4n) is 0.566. The smallest absolute Gasteiger partial charge is 0.0474 e. The van der Waals surface area contributed by atoms with Crippen LogP contribution in [0.1, 0.15) is 26.2 Å². The van der Waals surface area contributed by atoms with Crippen LogP contribution in [0.25, 0.3) is 0 Å². The van der Waals surface area contributed by atoms with Crippen LogP contribution >= 0.6 is 23.2 Å². The predicted molar refractivity (Wildman–Crippen MR) is 44.2 cm³/mol. The van der Waals surface area contributed by atoms with Gasteiger partial charge in [-0.25, -0.2) is 0 Å². The minimum absolute atomic E-state index is 0.137. The van der Waals surface area contributed by atoms with Gasteiger partial charge in [-0.2, -0.15) is 0 Å². The normalized spacial score (nSPS) is 13.7. The molecule has 1 atom stereocenters. The molecule has 0 bridgehead atoms. The molecule has 0 N–H and O–H groups in total. The van der Waals surface area contributed by atoms with E-state index in [2.05, 4.69) is 13.3 Å². The molecule has 0 fully saturated rings. The molecule has 0 heterocycles. The molecule has 0 rings (SSSR count). The van der Waals surface area contributed by atoms with Gasteiger partial charge in [0, 0.05) is 11.3 Å². The third kappa shape index (κ3) is 6.47. The largest absolute Gasteiger partial charge is 0.125 e. The number of alkyl halides is 2. The molecule has 9 heavy (non-hydrogen) atoms. The molecule has 1 unspecified atom stereocenters. The minimum Gasteiger partial charge on any atom is -0.125 e. The van der Waals surface area contributed by atoms with Gasteiger partial charge in [-0.05, 0) is 12.8 Å². The van der Waals surface area contributed by atoms with Gasteiger partial charge in [-0.15, -0.1) is 23.2 Å². The van der Waals surface area contributed by atoms with Crippen LogP contribution in [0, 0.1) is 6.42 Å². The van der Waals surface area contributed by atoms with Gasteiger partial charge < -0.3 is 0 Å². The Morgan fingerprint density at radius 3 is 2.67 bits per heavy atom. The Kier molecular flexibility index (Phi) is 7.13. The van der Waals surface area contributed by atoms with Crippen LogP contribution in [-0.2, 0) is 0 Å². The molecule has 0 aliphatic carbocycles. The van der Waals surface area contributed by atoms with E-state index in [0.717, 1.165) is 12.8 Å². The lowest BCUT2D eigenvalue weighted by molar-refractivity contribution is 0.803. The maximum atomic E-state index is 5.74. The zero-order chi connectivity index (χ0) is 7.11. The van der Waals surface area contributed by atoms with Crippen molar-refractivity contribution in [3.63, 3.8) is 0 Å². The lowest BCUT2D eigenvalue weighted by Crippen LogP contribution is -1.99. The summed E-state index contributed by atoms with van der Waals surface area (Å²) in [6.07, 6.45) is 5.49. The summed E-state index contributed by atoms with van der Waals surface area (Å²) in [7, 11) is 0. The van der Waals surface area contributed by atoms with Crippen molar-refractivity contribution in [2.45, 2.75) is 31.6 Å². The van der Waals surface area contributed by atoms with Crippen molar-refractivity contribution in [1.82, 2.24) is 0 Å². The van der Waals surface area contributed by atoms with Crippen molar-refractivity contribution >= 4 is 23.2 Å². The summed E-state index contributed by atoms with van der Waals surface area (Å²) in [5, 5.41) is 0.137. The first-order chi connectivity index (χ1) is 4.31. The highest BCUT2D eigenvalue weighted by Crippen LogP contribution is 2.08. The van der Waals surface area contributed by atoms with E-state index in [1.54, 1.807) is 0 Å². The number of hydrogen-bond acceptors (Lipinski definition) is 0. The standard InChI is InChI=1S/C7H13Cl2/c1-2-3-4-5-7(9)6-8/h4,7H,2-3,5-6H2,1H3. The first kappa shape index (κ1) is 9.58. The van der Waals surface area contributed by atoms with E-state index >= 15 is 0 Å². The zero-order valence-electron chi connectivity index (χ0n) is 5.74. The first-order valence-electron chi connectivity index (χ1n) is 3.33. The molecule has 0 aromatic carbocycles. The molecule has 0 saturated heterocycles. The topological polar surface area (TPSA) is 0 Å². The van der Waals surface area contributed by atoms with Crippen LogP contribution in [0.2, 0.25) is 0 Å². The van der Waals surface area contributed by atoms with E-state index in [9.17, 15) is 0 Å². The summed E-state index contributed by atoms with van der Waals surface area (Å²) < 4.78 is 0. The quantitative estimate of drug-likeness (QED) is 0.436. The third-order valence-electron chi connectivity index (χ3n) is 1.08. The van der Waals surface area contributed by atoms with E-state index in [-0.39, 0.29) is 5.38 Å². The molecule has 0 aromatic heterocycles. The van der Waals surface area contributed by atoms with Crippen LogP contribution in [0.5, 0.6) is 0 Å². The lowest BCUT2D eigenvalue weighted by Gasteiger charge is -2.01. The van der Waals surface area contributed by atoms with Gasteiger partial charge in [0.2, 0.25) is 0 Å². The fourth-order valence-corrected chi connectivity index (χ4v) is 0.818. The Labute approximate surface area is 67.5 Å². The second-order valence-electron chi connectivity index (χ2n) is 2.06. The second kappa shape index (κ2) is 6.70. The molecule has 0 spiro atoms. The molecular formula is C7H13Cl2. The molecule has 0 saturated carbocycles. The summed E-state index contributed by atoms with van der Waals surface area (Å²) in [6.45, 7) is 2.15. The summed E-state index contributed by atoms with van der Waals surface area (Å²) in [6, 6.07) is 0. The summed E-state index contributed by atoms with van der Waals surface area (Å²) in [5.74, 6) is 0.557. The summed E-state index contributed by atoms with van der Waals surface area (Å²) in [5.41, 5.74) is 0. The van der Waals surface area contributed by atoms with Gasteiger partial charge in [0.1, 0.15) is 0 Å². The van der Waals surface area contributed by atoms with Crippen molar-refractivity contribution in [3.05, 3.63) is 6.42 Å². The van der Waals surface area contributed by atoms with E-state index in [1.165, 1.54) is 6.42 Å². The molecule has 55 valence electrons. The molecule has 0 nitrogen and oxygen atoms in total. The zero-order valence-corrected chi connectivity index (χ0v) is 7.25. The van der Waals surface area contributed by atoms with Gasteiger partial charge in [0.05, 0.1) is 0 Å². The van der Waals surface area contributed by atoms with Gasteiger partial charge in [0.25, 0.3) is 0 Å². The average molecular weight is 168 g/mol. The van der Waals surface area contributed by atoms with Crippen LogP contribution in [0.15, 0.2) is 0 Å². The highest BCUT2D eigenvalue weighted by atomic mass is 35.5. The number of rotatable bonds is 5. The van der Waals surface area contributed by atoms with Crippen LogP contribution in [-0.4, -0.2) is 11.3 Å². The van der Waals surface area contributed by atoms with Gasteiger partial charge in [-0.1, -0.05) is 19.8 Å². The fraction of sp³-hybridized carbons (Fsp3) is 0.857. The summed E-state index contributed by atoms with van der Waals surface area (Å²) >= 11 is 11.2. The van der Waals surface area contributed by atoms with E-state index in [4.69, 9.17) is 23.2 Å². The Bertz CT molecular complexity index is 54.9. The van der Waals surface area contributed by atoms with E-state index in [1.807, 2.05) is 0 Å². The average Bonchev–Trinajstić information content (AvgIpc) is 1.89. The number of hydrogen-bond donors (Lipinski definition) is 0. The Hall–Kier alpha value is 0.580. The predicted octanol–water partition coefficient (Wildman–Crippen LogP) is 3.23. The lowest BCUT2D eigenvalue weighted by atomic mass is 10.2. The van der Waals surface area contributed by atoms with Crippen molar-refractivity contribution in [2.24, 2.45) is 0 Å². The Morgan fingerprint density at radius 2 is 2.22 bits per heavy atom. The van der Waals surface area contributed by atoms with Gasteiger partial charge in [0.15, 0.2) is 0 Å². The second-order valence-corrected chi connectivity index (χ2v) is 2.99. The third-order valence-corrected chi connectivity index (χ3v) is 1.95. The number of unbranched alkanes of at least 4 members (excludes halogenated alkanes) is 2. The Balaban J connectivity index is 2.88. The summed E-state index contributed by atoms with van der Waals surface area (Å²) in [4.78, 5) is 0. The van der Waals surface area contributed by atoms with Crippen LogP contribution < -0.4 is 0 Å². The van der Waals surface area contributed by atoms with Crippen molar-refractivity contribution < 1.29 is 0 Å². The minimum atomic E-state index is 0.137. The molecule has 0 aromatic rings. The molecule has 2 heteroatoms. The van der Waals surface area contributed by atoms with Crippen LogP contribution in [0.4, 0.5) is 0 Å². The maximum Gasteiger partial charge on any atom is 0.0474 e. The van der Waals surface area contributed by atoms with Gasteiger partial charge in [-0.3, -0.25) is 0 Å². The van der Waals surface area contributed by atoms with Gasteiger partial charge >= 0.3 is 0 Å². The molecular weight excluding hydrogens is 155 g/mol. The van der Waals surface area contributed by atoms with E-state index < -0.39 is 0 Å². The van der Waals surface area contributed by atoms with E-state index in [0.29, 0.717) is 5.88 Å². The van der Waals surface area contributed by atoms with Crippen LogP contribution in [0.3, 0.4) is 0 Å². The number of halogens is 2.